The molecule has 1 aromatic heterocycles. The highest BCUT2D eigenvalue weighted by molar-refractivity contribution is 5.95. The van der Waals surface area contributed by atoms with Gasteiger partial charge in [0.1, 0.15) is 5.58 Å². The number of fused-ring (bicyclic) bond motifs is 2. The largest absolute Gasteiger partial charge is 0.425 e. The fraction of sp³-hybridized carbons (Fsp3) is 0. The van der Waals surface area contributed by atoms with E-state index in [-0.39, 0.29) is 11.2 Å². The van der Waals surface area contributed by atoms with Crippen LogP contribution in [0.15, 0.2) is 75.9 Å². The highest BCUT2D eigenvalue weighted by atomic mass is 16.3. The van der Waals surface area contributed by atoms with Gasteiger partial charge < -0.3 is 4.42 Å². The van der Waals surface area contributed by atoms with Crippen LogP contribution in [0.4, 0.5) is 0 Å². The molecule has 0 aliphatic carbocycles. The Balaban J connectivity index is 2.15. The predicted molar refractivity (Wildman–Crippen MR) is 85.2 cm³/mol. The van der Waals surface area contributed by atoms with Gasteiger partial charge in [0.2, 0.25) is 0 Å². The summed E-state index contributed by atoms with van der Waals surface area (Å²) in [5.41, 5.74) is 0.624. The van der Waals surface area contributed by atoms with Crippen molar-refractivity contribution >= 4 is 21.7 Å². The minimum absolute atomic E-state index is 0.181. The summed E-state index contributed by atoms with van der Waals surface area (Å²) < 4.78 is 6.84. The molecule has 0 bridgehead atoms. The maximum Gasteiger partial charge on any atom is 0.301 e. The maximum atomic E-state index is 12.8. The number of nitrogens with zero attached hydrogens (tertiary/aromatic N) is 1. The molecule has 106 valence electrons. The van der Waals surface area contributed by atoms with Gasteiger partial charge in [-0.05, 0) is 35.0 Å². The summed E-state index contributed by atoms with van der Waals surface area (Å²) in [6.07, 6.45) is 0. The molecule has 0 fully saturated rings. The molecule has 3 aromatic carbocycles. The van der Waals surface area contributed by atoms with Crippen LogP contribution in [-0.4, -0.2) is 4.57 Å². The third kappa shape index (κ3) is 1.85. The third-order valence-electron chi connectivity index (χ3n) is 3.71. The Kier molecular flexibility index (Phi) is 2.69. The number of aromatic nitrogens is 1. The van der Waals surface area contributed by atoms with Gasteiger partial charge in [0.15, 0.2) is 0 Å². The van der Waals surface area contributed by atoms with Crippen LogP contribution in [0.3, 0.4) is 0 Å². The summed E-state index contributed by atoms with van der Waals surface area (Å²) >= 11 is 0. The van der Waals surface area contributed by atoms with Crippen molar-refractivity contribution in [2.24, 2.45) is 0 Å². The predicted octanol–water partition coefficient (Wildman–Crippen LogP) is 3.22. The Bertz CT molecular complexity index is 1110. The molecule has 0 unspecified atom stereocenters. The lowest BCUT2D eigenvalue weighted by Gasteiger charge is -2.07. The van der Waals surface area contributed by atoms with Crippen LogP contribution in [0.5, 0.6) is 0 Å². The lowest BCUT2D eigenvalue weighted by atomic mass is 10.1. The summed E-state index contributed by atoms with van der Waals surface area (Å²) in [4.78, 5) is 12.8. The van der Waals surface area contributed by atoms with Crippen molar-refractivity contribution in [3.63, 3.8) is 0 Å². The molecule has 1 heterocycles. The summed E-state index contributed by atoms with van der Waals surface area (Å²) in [5, 5.41) is 10.5. The van der Waals surface area contributed by atoms with E-state index in [0.29, 0.717) is 16.7 Å². The smallest absolute Gasteiger partial charge is 0.301 e. The number of rotatable bonds is 1. The van der Waals surface area contributed by atoms with Crippen LogP contribution in [0.25, 0.3) is 27.4 Å². The average Bonchev–Trinajstić information content (AvgIpc) is 2.54. The van der Waals surface area contributed by atoms with Crippen LogP contribution in [0, 0.1) is 5.41 Å². The summed E-state index contributed by atoms with van der Waals surface area (Å²) in [6, 6.07) is 20.5. The minimum Gasteiger partial charge on any atom is -0.425 e. The monoisotopic (exact) mass is 288 g/mol. The second kappa shape index (κ2) is 4.70. The molecule has 4 rings (SSSR count). The van der Waals surface area contributed by atoms with Crippen LogP contribution >= 0.6 is 0 Å². The van der Waals surface area contributed by atoms with E-state index in [9.17, 15) is 4.79 Å². The Morgan fingerprint density at radius 1 is 0.864 bits per heavy atom. The Morgan fingerprint density at radius 2 is 1.50 bits per heavy atom. The number of nitrogens with one attached hydrogen (secondary N) is 1. The van der Waals surface area contributed by atoms with Crippen molar-refractivity contribution < 1.29 is 4.42 Å². The van der Waals surface area contributed by atoms with E-state index in [4.69, 9.17) is 9.83 Å². The zero-order valence-electron chi connectivity index (χ0n) is 11.6. The molecule has 0 atom stereocenters. The van der Waals surface area contributed by atoms with E-state index in [1.807, 2.05) is 48.5 Å². The molecule has 4 nitrogen and oxygen atoms in total. The number of benzene rings is 3. The van der Waals surface area contributed by atoms with E-state index < -0.39 is 0 Å². The topological polar surface area (TPSA) is 59.0 Å². The molecule has 4 aromatic rings. The van der Waals surface area contributed by atoms with E-state index >= 15 is 0 Å². The number of hydrogen-bond acceptors (Lipinski definition) is 3. The molecular formula is C18H12N2O2. The molecule has 0 saturated heterocycles. The fourth-order valence-corrected chi connectivity index (χ4v) is 2.65. The highest BCUT2D eigenvalue weighted by Crippen LogP contribution is 2.19. The third-order valence-corrected chi connectivity index (χ3v) is 3.71. The summed E-state index contributed by atoms with van der Waals surface area (Å²) in [5.74, 6) is 0. The number of para-hydroxylation sites is 1. The maximum absolute atomic E-state index is 12.8. The lowest BCUT2D eigenvalue weighted by Crippen LogP contribution is -2.31. The van der Waals surface area contributed by atoms with Crippen molar-refractivity contribution in [3.8, 4) is 5.69 Å². The molecule has 0 spiro atoms. The van der Waals surface area contributed by atoms with Crippen molar-refractivity contribution in [2.75, 3.05) is 0 Å². The van der Waals surface area contributed by atoms with Crippen molar-refractivity contribution in [3.05, 3.63) is 82.8 Å². The first-order valence-electron chi connectivity index (χ1n) is 6.93. The summed E-state index contributed by atoms with van der Waals surface area (Å²) in [6.45, 7) is 0. The van der Waals surface area contributed by atoms with Crippen LogP contribution in [-0.2, 0) is 0 Å². The fourth-order valence-electron chi connectivity index (χ4n) is 2.65. The van der Waals surface area contributed by atoms with Crippen LogP contribution < -0.4 is 11.2 Å². The second-order valence-corrected chi connectivity index (χ2v) is 5.08. The van der Waals surface area contributed by atoms with Gasteiger partial charge in [-0.25, -0.2) is 4.57 Å². The van der Waals surface area contributed by atoms with Crippen molar-refractivity contribution in [1.29, 1.82) is 5.41 Å². The average molecular weight is 288 g/mol. The van der Waals surface area contributed by atoms with Crippen LogP contribution in [0.1, 0.15) is 0 Å². The highest BCUT2D eigenvalue weighted by Gasteiger charge is 2.10. The molecule has 0 aliphatic rings. The lowest BCUT2D eigenvalue weighted by molar-refractivity contribution is 0.474. The zero-order chi connectivity index (χ0) is 15.1. The van der Waals surface area contributed by atoms with Gasteiger partial charge in [-0.1, -0.05) is 42.5 Å². The van der Waals surface area contributed by atoms with Gasteiger partial charge in [-0.15, -0.1) is 0 Å². The minimum atomic E-state index is -0.247. The molecule has 22 heavy (non-hydrogen) atoms. The first-order chi connectivity index (χ1) is 10.7. The van der Waals surface area contributed by atoms with Gasteiger partial charge in [0.05, 0.1) is 11.1 Å². The summed E-state index contributed by atoms with van der Waals surface area (Å²) in [7, 11) is 0. The van der Waals surface area contributed by atoms with E-state index in [0.717, 1.165) is 10.8 Å². The standard InChI is InChI=1S/C18H12N2O2/c19-18-20(14-8-2-1-3-9-14)17(21)15-10-12-6-4-5-7-13(12)11-16(15)22-18/h1-11,19H. The van der Waals surface area contributed by atoms with Gasteiger partial charge in [-0.3, -0.25) is 10.2 Å². The van der Waals surface area contributed by atoms with Gasteiger partial charge in [0.25, 0.3) is 5.56 Å². The molecule has 0 amide bonds. The number of hydrogen-bond donors (Lipinski definition) is 1. The molecule has 0 radical (unpaired) electrons. The van der Waals surface area contributed by atoms with E-state index in [1.165, 1.54) is 4.57 Å². The first kappa shape index (κ1) is 12.6. The Labute approximate surface area is 125 Å². The van der Waals surface area contributed by atoms with E-state index in [1.54, 1.807) is 18.2 Å². The Hall–Kier alpha value is -3.14. The van der Waals surface area contributed by atoms with Crippen LogP contribution in [0.2, 0.25) is 0 Å². The normalized spacial score (nSPS) is 11.1. The van der Waals surface area contributed by atoms with Crippen molar-refractivity contribution in [1.82, 2.24) is 4.57 Å². The Morgan fingerprint density at radius 3 is 2.23 bits per heavy atom. The molecule has 0 aliphatic heterocycles. The van der Waals surface area contributed by atoms with Gasteiger partial charge in [0, 0.05) is 0 Å². The molecular weight excluding hydrogens is 276 g/mol. The molecule has 4 heteroatoms. The van der Waals surface area contributed by atoms with Crippen molar-refractivity contribution in [2.45, 2.75) is 0 Å². The zero-order valence-corrected chi connectivity index (χ0v) is 11.6. The van der Waals surface area contributed by atoms with Gasteiger partial charge in [-0.2, -0.15) is 0 Å². The first-order valence-corrected chi connectivity index (χ1v) is 6.93. The SMILES string of the molecule is N=c1oc2cc3ccccc3cc2c(=O)n1-c1ccccc1. The van der Waals surface area contributed by atoms with Gasteiger partial charge >= 0.3 is 5.68 Å². The second-order valence-electron chi connectivity index (χ2n) is 5.08. The van der Waals surface area contributed by atoms with E-state index in [2.05, 4.69) is 0 Å². The molecule has 0 saturated carbocycles. The molecule has 1 N–H and O–H groups in total. The quantitative estimate of drug-likeness (QED) is 0.547.